The summed E-state index contributed by atoms with van der Waals surface area (Å²) < 4.78 is 29.3. The molecule has 8 nitrogen and oxygen atoms in total. The SMILES string of the molecule is Cn1nc2ccc(S(=O)(=O)Nc3cc(Br)ccc3C(=O)N3CCCCC3)cc2n1. The number of benzene rings is 2. The van der Waals surface area contributed by atoms with Crippen LogP contribution in [0.3, 0.4) is 0 Å². The molecule has 1 amide bonds. The van der Waals surface area contributed by atoms with Crippen LogP contribution in [0.2, 0.25) is 0 Å². The average Bonchev–Trinajstić information content (AvgIpc) is 3.07. The molecule has 1 saturated heterocycles. The minimum absolute atomic E-state index is 0.0573. The van der Waals surface area contributed by atoms with Crippen molar-refractivity contribution in [2.24, 2.45) is 7.05 Å². The summed E-state index contributed by atoms with van der Waals surface area (Å²) in [5.74, 6) is -0.167. The Balaban J connectivity index is 1.68. The Bertz CT molecular complexity index is 1190. The molecular formula is C19H20BrN5O3S. The molecule has 0 aliphatic carbocycles. The van der Waals surface area contributed by atoms with Gasteiger partial charge in [-0.3, -0.25) is 9.52 Å². The first-order valence-corrected chi connectivity index (χ1v) is 11.5. The number of anilines is 1. The number of likely N-dealkylation sites (tertiary alicyclic amines) is 1. The van der Waals surface area contributed by atoms with Crippen LogP contribution in [-0.4, -0.2) is 47.3 Å². The Kier molecular flexibility index (Phi) is 5.30. The molecule has 4 rings (SSSR count). The van der Waals surface area contributed by atoms with E-state index in [0.29, 0.717) is 34.2 Å². The van der Waals surface area contributed by atoms with Crippen LogP contribution >= 0.6 is 15.9 Å². The summed E-state index contributed by atoms with van der Waals surface area (Å²) in [7, 11) is -2.24. The first-order chi connectivity index (χ1) is 13.8. The maximum absolute atomic E-state index is 13.0. The van der Waals surface area contributed by atoms with E-state index in [1.807, 2.05) is 0 Å². The molecule has 0 spiro atoms. The molecule has 1 aliphatic rings. The van der Waals surface area contributed by atoms with Crippen molar-refractivity contribution in [1.82, 2.24) is 19.9 Å². The Morgan fingerprint density at radius 1 is 1.03 bits per heavy atom. The minimum Gasteiger partial charge on any atom is -0.339 e. The second-order valence-corrected chi connectivity index (χ2v) is 9.59. The molecule has 3 aromatic rings. The van der Waals surface area contributed by atoms with Crippen molar-refractivity contribution in [2.45, 2.75) is 24.2 Å². The van der Waals surface area contributed by atoms with Gasteiger partial charge in [-0.2, -0.15) is 15.0 Å². The molecule has 2 aromatic carbocycles. The topological polar surface area (TPSA) is 97.2 Å². The van der Waals surface area contributed by atoms with Crippen LogP contribution in [0.15, 0.2) is 45.8 Å². The molecular weight excluding hydrogens is 458 g/mol. The monoisotopic (exact) mass is 477 g/mol. The number of sulfonamides is 1. The van der Waals surface area contributed by atoms with Crippen LogP contribution in [0.1, 0.15) is 29.6 Å². The van der Waals surface area contributed by atoms with Crippen molar-refractivity contribution in [3.63, 3.8) is 0 Å². The molecule has 0 unspecified atom stereocenters. The fourth-order valence-corrected chi connectivity index (χ4v) is 4.88. The number of aromatic nitrogens is 3. The number of carbonyl (C=O) groups is 1. The largest absolute Gasteiger partial charge is 0.339 e. The molecule has 1 fully saturated rings. The lowest BCUT2D eigenvalue weighted by Crippen LogP contribution is -2.36. The van der Waals surface area contributed by atoms with Gasteiger partial charge in [-0.15, -0.1) is 0 Å². The zero-order chi connectivity index (χ0) is 20.6. The van der Waals surface area contributed by atoms with Gasteiger partial charge in [0.2, 0.25) is 0 Å². The Hall–Kier alpha value is -2.46. The Morgan fingerprint density at radius 2 is 1.76 bits per heavy atom. The van der Waals surface area contributed by atoms with E-state index < -0.39 is 10.0 Å². The van der Waals surface area contributed by atoms with E-state index in [2.05, 4.69) is 30.8 Å². The third-order valence-electron chi connectivity index (χ3n) is 4.86. The molecule has 1 N–H and O–H groups in total. The highest BCUT2D eigenvalue weighted by Gasteiger charge is 2.24. The van der Waals surface area contributed by atoms with Crippen LogP contribution in [0.4, 0.5) is 5.69 Å². The first-order valence-electron chi connectivity index (χ1n) is 9.26. The van der Waals surface area contributed by atoms with E-state index in [-0.39, 0.29) is 16.5 Å². The molecule has 2 heterocycles. The van der Waals surface area contributed by atoms with Crippen LogP contribution in [0.25, 0.3) is 11.0 Å². The summed E-state index contributed by atoms with van der Waals surface area (Å²) >= 11 is 3.36. The summed E-state index contributed by atoms with van der Waals surface area (Å²) in [5.41, 5.74) is 1.66. The van der Waals surface area contributed by atoms with E-state index in [1.165, 1.54) is 16.9 Å². The number of nitrogens with one attached hydrogen (secondary N) is 1. The van der Waals surface area contributed by atoms with E-state index in [0.717, 1.165) is 19.3 Å². The molecule has 1 aromatic heterocycles. The van der Waals surface area contributed by atoms with Gasteiger partial charge in [0.05, 0.1) is 16.1 Å². The van der Waals surface area contributed by atoms with Crippen LogP contribution in [-0.2, 0) is 17.1 Å². The number of nitrogens with zero attached hydrogens (tertiary/aromatic N) is 4. The molecule has 29 heavy (non-hydrogen) atoms. The number of hydrogen-bond donors (Lipinski definition) is 1. The van der Waals surface area contributed by atoms with Gasteiger partial charge >= 0.3 is 0 Å². The quantitative estimate of drug-likeness (QED) is 0.622. The average molecular weight is 478 g/mol. The van der Waals surface area contributed by atoms with E-state index in [9.17, 15) is 13.2 Å². The number of carbonyl (C=O) groups excluding carboxylic acids is 1. The number of fused-ring (bicyclic) bond motifs is 1. The highest BCUT2D eigenvalue weighted by atomic mass is 79.9. The summed E-state index contributed by atoms with van der Waals surface area (Å²) in [5, 5.41) is 8.32. The van der Waals surface area contributed by atoms with Gasteiger partial charge in [0.25, 0.3) is 15.9 Å². The fraction of sp³-hybridized carbons (Fsp3) is 0.316. The highest BCUT2D eigenvalue weighted by molar-refractivity contribution is 9.10. The van der Waals surface area contributed by atoms with Crippen molar-refractivity contribution in [1.29, 1.82) is 0 Å². The van der Waals surface area contributed by atoms with Gasteiger partial charge in [-0.05, 0) is 55.7 Å². The fourth-order valence-electron chi connectivity index (χ4n) is 3.43. The Labute approximate surface area is 177 Å². The summed E-state index contributed by atoms with van der Waals surface area (Å²) in [6.45, 7) is 1.37. The maximum Gasteiger partial charge on any atom is 0.261 e. The third kappa shape index (κ3) is 4.13. The number of rotatable bonds is 4. The van der Waals surface area contributed by atoms with Crippen LogP contribution in [0.5, 0.6) is 0 Å². The molecule has 1 aliphatic heterocycles. The third-order valence-corrected chi connectivity index (χ3v) is 6.72. The standard InChI is InChI=1S/C19H20BrN5O3S/c1-24-21-16-8-6-14(12-18(16)22-24)29(27,28)23-17-11-13(20)5-7-15(17)19(26)25-9-3-2-4-10-25/h5-8,11-12,23H,2-4,9-10H2,1H3. The molecule has 0 saturated carbocycles. The lowest BCUT2D eigenvalue weighted by Gasteiger charge is -2.27. The summed E-state index contributed by atoms with van der Waals surface area (Å²) in [6, 6.07) is 9.54. The van der Waals surface area contributed by atoms with Crippen molar-refractivity contribution in [3.05, 3.63) is 46.4 Å². The van der Waals surface area contributed by atoms with Crippen molar-refractivity contribution in [3.8, 4) is 0 Å². The van der Waals surface area contributed by atoms with Crippen molar-refractivity contribution in [2.75, 3.05) is 17.8 Å². The predicted octanol–water partition coefficient (Wildman–Crippen LogP) is 3.16. The smallest absolute Gasteiger partial charge is 0.261 e. The summed E-state index contributed by atoms with van der Waals surface area (Å²) in [6.07, 6.45) is 3.03. The van der Waals surface area contributed by atoms with E-state index in [1.54, 1.807) is 36.2 Å². The van der Waals surface area contributed by atoms with Gasteiger partial charge in [0, 0.05) is 24.6 Å². The van der Waals surface area contributed by atoms with Gasteiger partial charge in [0.15, 0.2) is 0 Å². The summed E-state index contributed by atoms with van der Waals surface area (Å²) in [4.78, 5) is 16.2. The molecule has 10 heteroatoms. The highest BCUT2D eigenvalue weighted by Crippen LogP contribution is 2.27. The first kappa shape index (κ1) is 19.8. The van der Waals surface area contributed by atoms with Crippen molar-refractivity contribution >= 4 is 48.6 Å². The minimum atomic E-state index is -3.92. The molecule has 0 atom stereocenters. The maximum atomic E-state index is 13.0. The number of aryl methyl sites for hydroxylation is 1. The number of halogens is 1. The van der Waals surface area contributed by atoms with Crippen LogP contribution < -0.4 is 4.72 Å². The normalized spacial score (nSPS) is 14.9. The van der Waals surface area contributed by atoms with Crippen LogP contribution in [0, 0.1) is 0 Å². The van der Waals surface area contributed by atoms with Gasteiger partial charge < -0.3 is 4.90 Å². The molecule has 0 radical (unpaired) electrons. The Morgan fingerprint density at radius 3 is 2.52 bits per heavy atom. The zero-order valence-electron chi connectivity index (χ0n) is 15.8. The van der Waals surface area contributed by atoms with Gasteiger partial charge in [-0.1, -0.05) is 15.9 Å². The van der Waals surface area contributed by atoms with Gasteiger partial charge in [-0.25, -0.2) is 8.42 Å². The molecule has 0 bridgehead atoms. The second kappa shape index (κ2) is 7.75. The molecule has 152 valence electrons. The van der Waals surface area contributed by atoms with Crippen molar-refractivity contribution < 1.29 is 13.2 Å². The zero-order valence-corrected chi connectivity index (χ0v) is 18.2. The second-order valence-electron chi connectivity index (χ2n) is 6.99. The number of amides is 1. The van der Waals surface area contributed by atoms with E-state index in [4.69, 9.17) is 0 Å². The number of piperidine rings is 1. The lowest BCUT2D eigenvalue weighted by atomic mass is 10.1. The van der Waals surface area contributed by atoms with Gasteiger partial charge in [0.1, 0.15) is 11.0 Å². The number of hydrogen-bond acceptors (Lipinski definition) is 5. The predicted molar refractivity (Wildman–Crippen MR) is 113 cm³/mol. The van der Waals surface area contributed by atoms with E-state index >= 15 is 0 Å². The lowest BCUT2D eigenvalue weighted by molar-refractivity contribution is 0.0725.